The van der Waals surface area contributed by atoms with Crippen LogP contribution < -0.4 is 14.2 Å². The van der Waals surface area contributed by atoms with Gasteiger partial charge in [-0.15, -0.1) is 0 Å². The molecule has 0 atom stereocenters. The summed E-state index contributed by atoms with van der Waals surface area (Å²) in [5, 5.41) is 0. The van der Waals surface area contributed by atoms with E-state index in [4.69, 9.17) is 18.9 Å². The number of methoxy groups -OCH3 is 2. The van der Waals surface area contributed by atoms with Crippen molar-refractivity contribution in [2.45, 2.75) is 13.5 Å². The molecule has 3 rings (SSSR count). The van der Waals surface area contributed by atoms with Crippen molar-refractivity contribution in [1.29, 1.82) is 0 Å². The molecule has 7 heteroatoms. The first-order valence-corrected chi connectivity index (χ1v) is 8.56. The van der Waals surface area contributed by atoms with Gasteiger partial charge in [0.15, 0.2) is 0 Å². The second kappa shape index (κ2) is 8.85. The van der Waals surface area contributed by atoms with E-state index in [1.807, 2.05) is 30.3 Å². The van der Waals surface area contributed by atoms with Crippen molar-refractivity contribution in [2.75, 3.05) is 14.2 Å². The largest absolute Gasteiger partial charge is 0.481 e. The van der Waals surface area contributed by atoms with Crippen molar-refractivity contribution in [3.8, 4) is 23.5 Å². The maximum atomic E-state index is 12.7. The lowest BCUT2D eigenvalue weighted by Gasteiger charge is -2.13. The van der Waals surface area contributed by atoms with Gasteiger partial charge in [-0.25, -0.2) is 4.79 Å². The Labute approximate surface area is 162 Å². The molecule has 0 N–H and O–H groups in total. The maximum absolute atomic E-state index is 12.7. The predicted molar refractivity (Wildman–Crippen MR) is 102 cm³/mol. The van der Waals surface area contributed by atoms with E-state index in [0.29, 0.717) is 11.1 Å². The third-order valence-corrected chi connectivity index (χ3v) is 3.93. The first kappa shape index (κ1) is 19.2. The fraction of sp³-hybridized carbons (Fsp3) is 0.190. The number of carbonyl (C=O) groups is 1. The van der Waals surface area contributed by atoms with E-state index in [0.717, 1.165) is 5.56 Å². The van der Waals surface area contributed by atoms with E-state index < -0.39 is 5.97 Å². The minimum atomic E-state index is -0.494. The summed E-state index contributed by atoms with van der Waals surface area (Å²) in [5.74, 6) is 0.352. The molecule has 0 saturated heterocycles. The van der Waals surface area contributed by atoms with Crippen LogP contribution in [0.15, 0.2) is 54.6 Å². The molecule has 0 fully saturated rings. The van der Waals surface area contributed by atoms with Gasteiger partial charge in [0.2, 0.25) is 11.8 Å². The molecule has 3 aromatic rings. The molecule has 0 aliphatic carbocycles. The van der Waals surface area contributed by atoms with E-state index in [2.05, 4.69) is 9.97 Å². The molecule has 0 unspecified atom stereocenters. The highest BCUT2D eigenvalue weighted by Crippen LogP contribution is 2.29. The Bertz CT molecular complexity index is 938. The van der Waals surface area contributed by atoms with Crippen LogP contribution in [0.3, 0.4) is 0 Å². The number of nitrogens with zero attached hydrogens (tertiary/aromatic N) is 2. The molecule has 2 aromatic carbocycles. The first-order chi connectivity index (χ1) is 13.6. The number of aromatic nitrogens is 2. The van der Waals surface area contributed by atoms with Gasteiger partial charge in [0.05, 0.1) is 20.3 Å². The SMILES string of the molecule is COc1cc(OC)nc(Oc2cccc(C)c2C(=O)OCc2ccccc2)n1. The summed E-state index contributed by atoms with van der Waals surface area (Å²) < 4.78 is 21.5. The van der Waals surface area contributed by atoms with Crippen molar-refractivity contribution in [3.05, 3.63) is 71.3 Å². The van der Waals surface area contributed by atoms with Crippen molar-refractivity contribution in [3.63, 3.8) is 0 Å². The van der Waals surface area contributed by atoms with Crippen molar-refractivity contribution >= 4 is 5.97 Å². The van der Waals surface area contributed by atoms with Gasteiger partial charge in [-0.1, -0.05) is 42.5 Å². The summed E-state index contributed by atoms with van der Waals surface area (Å²) in [5.41, 5.74) is 1.92. The maximum Gasteiger partial charge on any atom is 0.342 e. The van der Waals surface area contributed by atoms with Crippen LogP contribution in [0.5, 0.6) is 23.5 Å². The van der Waals surface area contributed by atoms with Crippen LogP contribution >= 0.6 is 0 Å². The van der Waals surface area contributed by atoms with Crippen molar-refractivity contribution < 1.29 is 23.7 Å². The molecule has 0 bridgehead atoms. The number of benzene rings is 2. The van der Waals surface area contributed by atoms with Gasteiger partial charge in [-0.05, 0) is 24.1 Å². The summed E-state index contributed by atoms with van der Waals surface area (Å²) in [7, 11) is 2.95. The highest BCUT2D eigenvalue weighted by Gasteiger charge is 2.19. The minimum absolute atomic E-state index is 0.00101. The topological polar surface area (TPSA) is 79.8 Å². The predicted octanol–water partition coefficient (Wildman–Crippen LogP) is 3.95. The second-order valence-corrected chi connectivity index (χ2v) is 5.85. The Morgan fingerprint density at radius 3 is 2.25 bits per heavy atom. The van der Waals surface area contributed by atoms with Gasteiger partial charge < -0.3 is 18.9 Å². The van der Waals surface area contributed by atoms with Gasteiger partial charge in [0, 0.05) is 0 Å². The normalized spacial score (nSPS) is 10.2. The number of ether oxygens (including phenoxy) is 4. The summed E-state index contributed by atoms with van der Waals surface area (Å²) >= 11 is 0. The Balaban J connectivity index is 1.85. The highest BCUT2D eigenvalue weighted by molar-refractivity contribution is 5.94. The molecule has 1 heterocycles. The third kappa shape index (κ3) is 4.56. The lowest BCUT2D eigenvalue weighted by molar-refractivity contribution is 0.0469. The number of aryl methyl sites for hydroxylation is 1. The van der Waals surface area contributed by atoms with Gasteiger partial charge >= 0.3 is 12.0 Å². The van der Waals surface area contributed by atoms with Crippen molar-refractivity contribution in [1.82, 2.24) is 9.97 Å². The third-order valence-electron chi connectivity index (χ3n) is 3.93. The second-order valence-electron chi connectivity index (χ2n) is 5.85. The molecule has 7 nitrogen and oxygen atoms in total. The summed E-state index contributed by atoms with van der Waals surface area (Å²) in [4.78, 5) is 21.0. The van der Waals surface area contributed by atoms with Gasteiger partial charge in [0.1, 0.15) is 17.9 Å². The van der Waals surface area contributed by atoms with Crippen LogP contribution in [-0.2, 0) is 11.3 Å². The van der Waals surface area contributed by atoms with Crippen LogP contribution in [0.4, 0.5) is 0 Å². The van der Waals surface area contributed by atoms with Gasteiger partial charge in [-0.3, -0.25) is 0 Å². The molecule has 28 heavy (non-hydrogen) atoms. The molecule has 0 saturated carbocycles. The summed E-state index contributed by atoms with van der Waals surface area (Å²) in [6.45, 7) is 1.97. The van der Waals surface area contributed by atoms with E-state index >= 15 is 0 Å². The first-order valence-electron chi connectivity index (χ1n) is 8.56. The summed E-state index contributed by atoms with van der Waals surface area (Å²) in [6, 6.07) is 16.2. The van der Waals surface area contributed by atoms with E-state index in [1.54, 1.807) is 25.1 Å². The van der Waals surface area contributed by atoms with E-state index in [1.165, 1.54) is 20.3 Å². The molecule has 0 aliphatic heterocycles. The average molecular weight is 380 g/mol. The standard InChI is InChI=1S/C21H20N2O5/c1-14-8-7-11-16(28-21-22-17(25-2)12-18(23-21)26-3)19(14)20(24)27-13-15-9-5-4-6-10-15/h4-12H,13H2,1-3H3. The fourth-order valence-electron chi connectivity index (χ4n) is 2.52. The average Bonchev–Trinajstić information content (AvgIpc) is 2.72. The smallest absolute Gasteiger partial charge is 0.342 e. The molecule has 0 aliphatic rings. The lowest BCUT2D eigenvalue weighted by Crippen LogP contribution is -2.09. The van der Waals surface area contributed by atoms with Crippen LogP contribution in [0.25, 0.3) is 0 Å². The molecule has 0 amide bonds. The number of carbonyl (C=O) groups excluding carboxylic acids is 1. The highest BCUT2D eigenvalue weighted by atomic mass is 16.5. The monoisotopic (exact) mass is 380 g/mol. The zero-order chi connectivity index (χ0) is 19.9. The molecule has 144 valence electrons. The number of hydrogen-bond donors (Lipinski definition) is 0. The van der Waals surface area contributed by atoms with Crippen LogP contribution in [0.1, 0.15) is 21.5 Å². The molecule has 1 aromatic heterocycles. The number of rotatable bonds is 7. The molecular formula is C21H20N2O5. The molecule has 0 spiro atoms. The Morgan fingerprint density at radius 2 is 1.61 bits per heavy atom. The van der Waals surface area contributed by atoms with Crippen molar-refractivity contribution in [2.24, 2.45) is 0 Å². The van der Waals surface area contributed by atoms with Crippen LogP contribution in [0.2, 0.25) is 0 Å². The molecular weight excluding hydrogens is 360 g/mol. The Morgan fingerprint density at radius 1 is 0.929 bits per heavy atom. The quantitative estimate of drug-likeness (QED) is 0.574. The van der Waals surface area contributed by atoms with Crippen LogP contribution in [-0.4, -0.2) is 30.2 Å². The lowest BCUT2D eigenvalue weighted by atomic mass is 10.1. The van der Waals surface area contributed by atoms with E-state index in [-0.39, 0.29) is 30.1 Å². The van der Waals surface area contributed by atoms with Gasteiger partial charge in [0.25, 0.3) is 0 Å². The number of hydrogen-bond acceptors (Lipinski definition) is 7. The zero-order valence-electron chi connectivity index (χ0n) is 15.8. The minimum Gasteiger partial charge on any atom is -0.481 e. The van der Waals surface area contributed by atoms with E-state index in [9.17, 15) is 4.79 Å². The molecule has 0 radical (unpaired) electrons. The van der Waals surface area contributed by atoms with Crippen LogP contribution in [0, 0.1) is 6.92 Å². The fourth-order valence-corrected chi connectivity index (χ4v) is 2.52. The Kier molecular flexibility index (Phi) is 6.06. The summed E-state index contributed by atoms with van der Waals surface area (Å²) in [6.07, 6.45) is 0. The zero-order valence-corrected chi connectivity index (χ0v) is 15.8. The Hall–Kier alpha value is -3.61. The van der Waals surface area contributed by atoms with Gasteiger partial charge in [-0.2, -0.15) is 9.97 Å². The number of esters is 1.